The maximum atomic E-state index is 12.9. The van der Waals surface area contributed by atoms with Crippen LogP contribution in [0.5, 0.6) is 0 Å². The molecule has 0 atom stereocenters. The van der Waals surface area contributed by atoms with E-state index in [1.807, 2.05) is 18.2 Å². The van der Waals surface area contributed by atoms with Gasteiger partial charge in [-0.3, -0.25) is 4.79 Å². The monoisotopic (exact) mass is 392 g/mol. The summed E-state index contributed by atoms with van der Waals surface area (Å²) in [6.45, 7) is 4.75. The number of rotatable bonds is 8. The SMILES string of the molecule is CCc1cccc(CC)c1NC(=O)c1cnc(NCCc2ccc(F)cc2)nc1. The summed E-state index contributed by atoms with van der Waals surface area (Å²) in [6.07, 6.45) is 5.44. The molecule has 150 valence electrons. The van der Waals surface area contributed by atoms with Crippen molar-refractivity contribution >= 4 is 17.5 Å². The molecule has 2 N–H and O–H groups in total. The van der Waals surface area contributed by atoms with E-state index in [4.69, 9.17) is 0 Å². The third-order valence-corrected chi connectivity index (χ3v) is 4.76. The number of nitrogens with zero attached hydrogens (tertiary/aromatic N) is 2. The zero-order chi connectivity index (χ0) is 20.6. The molecule has 1 aromatic heterocycles. The number of benzene rings is 2. The fraction of sp³-hybridized carbons (Fsp3) is 0.261. The number of carbonyl (C=O) groups is 1. The van der Waals surface area contributed by atoms with Crippen LogP contribution in [0.4, 0.5) is 16.0 Å². The summed E-state index contributed by atoms with van der Waals surface area (Å²) in [4.78, 5) is 21.1. The Balaban J connectivity index is 1.60. The number of aromatic nitrogens is 2. The van der Waals surface area contributed by atoms with Crippen molar-refractivity contribution in [2.24, 2.45) is 0 Å². The highest BCUT2D eigenvalue weighted by atomic mass is 19.1. The van der Waals surface area contributed by atoms with E-state index in [1.165, 1.54) is 24.5 Å². The molecule has 3 aromatic rings. The lowest BCUT2D eigenvalue weighted by Crippen LogP contribution is -2.16. The molecule has 0 aliphatic heterocycles. The summed E-state index contributed by atoms with van der Waals surface area (Å²) in [6, 6.07) is 12.5. The highest BCUT2D eigenvalue weighted by molar-refractivity contribution is 6.04. The van der Waals surface area contributed by atoms with E-state index in [2.05, 4.69) is 34.4 Å². The van der Waals surface area contributed by atoms with E-state index in [1.54, 1.807) is 12.1 Å². The van der Waals surface area contributed by atoms with E-state index in [0.29, 0.717) is 18.1 Å². The topological polar surface area (TPSA) is 66.9 Å². The Hall–Kier alpha value is -3.28. The lowest BCUT2D eigenvalue weighted by Gasteiger charge is -2.14. The minimum absolute atomic E-state index is 0.224. The van der Waals surface area contributed by atoms with E-state index in [-0.39, 0.29) is 11.7 Å². The van der Waals surface area contributed by atoms with Crippen molar-refractivity contribution in [3.8, 4) is 0 Å². The second-order valence-electron chi connectivity index (χ2n) is 6.71. The highest BCUT2D eigenvalue weighted by Gasteiger charge is 2.12. The van der Waals surface area contributed by atoms with Crippen molar-refractivity contribution in [3.63, 3.8) is 0 Å². The van der Waals surface area contributed by atoms with Crippen LogP contribution in [-0.2, 0) is 19.3 Å². The standard InChI is InChI=1S/C23H25FN4O/c1-3-17-6-5-7-18(4-2)21(17)28-22(29)19-14-26-23(27-15-19)25-13-12-16-8-10-20(24)11-9-16/h5-11,14-15H,3-4,12-13H2,1-2H3,(H,28,29)(H,25,26,27). The molecule has 3 rings (SSSR count). The molecular formula is C23H25FN4O. The van der Waals surface area contributed by atoms with Crippen molar-refractivity contribution in [3.05, 3.63) is 82.9 Å². The van der Waals surface area contributed by atoms with Crippen LogP contribution in [0.3, 0.4) is 0 Å². The van der Waals surface area contributed by atoms with Crippen LogP contribution < -0.4 is 10.6 Å². The second kappa shape index (κ2) is 9.78. The average molecular weight is 392 g/mol. The van der Waals surface area contributed by atoms with Gasteiger partial charge >= 0.3 is 0 Å². The normalized spacial score (nSPS) is 10.6. The molecule has 0 saturated heterocycles. The van der Waals surface area contributed by atoms with Gasteiger partial charge in [0.2, 0.25) is 5.95 Å². The van der Waals surface area contributed by atoms with Crippen LogP contribution in [0.25, 0.3) is 0 Å². The summed E-state index contributed by atoms with van der Waals surface area (Å²) >= 11 is 0. The van der Waals surface area contributed by atoms with E-state index >= 15 is 0 Å². The van der Waals surface area contributed by atoms with Gasteiger partial charge in [0, 0.05) is 24.6 Å². The molecule has 29 heavy (non-hydrogen) atoms. The smallest absolute Gasteiger partial charge is 0.258 e. The first-order valence-corrected chi connectivity index (χ1v) is 9.83. The number of hydrogen-bond acceptors (Lipinski definition) is 4. The number of halogens is 1. The van der Waals surface area contributed by atoms with Gasteiger partial charge in [-0.1, -0.05) is 44.2 Å². The zero-order valence-corrected chi connectivity index (χ0v) is 16.7. The van der Waals surface area contributed by atoms with Crippen LogP contribution in [-0.4, -0.2) is 22.4 Å². The molecule has 0 radical (unpaired) electrons. The lowest BCUT2D eigenvalue weighted by atomic mass is 10.0. The van der Waals surface area contributed by atoms with Crippen molar-refractivity contribution < 1.29 is 9.18 Å². The molecule has 0 saturated carbocycles. The average Bonchev–Trinajstić information content (AvgIpc) is 2.75. The molecule has 1 amide bonds. The van der Waals surface area contributed by atoms with Crippen LogP contribution in [0, 0.1) is 5.82 Å². The second-order valence-corrected chi connectivity index (χ2v) is 6.71. The van der Waals surface area contributed by atoms with E-state index in [0.717, 1.165) is 41.6 Å². The maximum Gasteiger partial charge on any atom is 0.258 e. The number of nitrogens with one attached hydrogen (secondary N) is 2. The van der Waals surface area contributed by atoms with Crippen molar-refractivity contribution in [1.82, 2.24) is 9.97 Å². The summed E-state index contributed by atoms with van der Waals surface area (Å²) < 4.78 is 12.9. The lowest BCUT2D eigenvalue weighted by molar-refractivity contribution is 0.102. The molecule has 0 aliphatic carbocycles. The number of para-hydroxylation sites is 1. The molecule has 0 aliphatic rings. The first-order valence-electron chi connectivity index (χ1n) is 9.83. The fourth-order valence-corrected chi connectivity index (χ4v) is 3.10. The molecule has 2 aromatic carbocycles. The number of carbonyl (C=O) groups excluding carboxylic acids is 1. The van der Waals surface area contributed by atoms with Gasteiger partial charge in [-0.05, 0) is 48.1 Å². The summed E-state index contributed by atoms with van der Waals surface area (Å²) in [5, 5.41) is 6.13. The summed E-state index contributed by atoms with van der Waals surface area (Å²) in [5.74, 6) is -0.0168. The quantitative estimate of drug-likeness (QED) is 0.586. The Bertz CT molecular complexity index is 933. The molecule has 0 unspecified atom stereocenters. The highest BCUT2D eigenvalue weighted by Crippen LogP contribution is 2.23. The Morgan fingerprint density at radius 2 is 1.59 bits per heavy atom. The Labute approximate surface area is 170 Å². The maximum absolute atomic E-state index is 12.9. The minimum Gasteiger partial charge on any atom is -0.354 e. The van der Waals surface area contributed by atoms with Gasteiger partial charge in [0.15, 0.2) is 0 Å². The molecule has 0 bridgehead atoms. The van der Waals surface area contributed by atoms with Gasteiger partial charge in [-0.25, -0.2) is 14.4 Å². The van der Waals surface area contributed by atoms with Gasteiger partial charge in [0.25, 0.3) is 5.91 Å². The third-order valence-electron chi connectivity index (χ3n) is 4.76. The minimum atomic E-state index is -0.244. The summed E-state index contributed by atoms with van der Waals surface area (Å²) in [7, 11) is 0. The molecule has 1 heterocycles. The zero-order valence-electron chi connectivity index (χ0n) is 16.7. The van der Waals surface area contributed by atoms with Crippen molar-refractivity contribution in [2.45, 2.75) is 33.1 Å². The van der Waals surface area contributed by atoms with Crippen molar-refractivity contribution in [1.29, 1.82) is 0 Å². The number of hydrogen-bond donors (Lipinski definition) is 2. The van der Waals surface area contributed by atoms with Crippen molar-refractivity contribution in [2.75, 3.05) is 17.2 Å². The number of anilines is 2. The van der Waals surface area contributed by atoms with E-state index in [9.17, 15) is 9.18 Å². The predicted octanol–water partition coefficient (Wildman–Crippen LogP) is 4.65. The predicted molar refractivity (Wildman–Crippen MR) is 114 cm³/mol. The largest absolute Gasteiger partial charge is 0.354 e. The van der Waals surface area contributed by atoms with Gasteiger partial charge < -0.3 is 10.6 Å². The number of aryl methyl sites for hydroxylation is 2. The number of amides is 1. The molecule has 0 spiro atoms. The summed E-state index contributed by atoms with van der Waals surface area (Å²) in [5.41, 5.74) is 4.53. The third kappa shape index (κ3) is 5.38. The van der Waals surface area contributed by atoms with Crippen LogP contribution >= 0.6 is 0 Å². The Morgan fingerprint density at radius 3 is 2.17 bits per heavy atom. The molecular weight excluding hydrogens is 367 g/mol. The Kier molecular flexibility index (Phi) is 6.89. The van der Waals surface area contributed by atoms with Gasteiger partial charge in [-0.2, -0.15) is 0 Å². The van der Waals surface area contributed by atoms with Crippen LogP contribution in [0.2, 0.25) is 0 Å². The fourth-order valence-electron chi connectivity index (χ4n) is 3.10. The molecule has 5 nitrogen and oxygen atoms in total. The van der Waals surface area contributed by atoms with Crippen LogP contribution in [0.1, 0.15) is 40.9 Å². The van der Waals surface area contributed by atoms with Gasteiger partial charge in [0.1, 0.15) is 5.82 Å². The first kappa shape index (κ1) is 20.5. The van der Waals surface area contributed by atoms with Gasteiger partial charge in [-0.15, -0.1) is 0 Å². The Morgan fingerprint density at radius 1 is 0.966 bits per heavy atom. The molecule has 0 fully saturated rings. The van der Waals surface area contributed by atoms with Crippen LogP contribution in [0.15, 0.2) is 54.9 Å². The van der Waals surface area contributed by atoms with Gasteiger partial charge in [0.05, 0.1) is 5.56 Å². The first-order chi connectivity index (χ1) is 14.1. The van der Waals surface area contributed by atoms with E-state index < -0.39 is 0 Å². The molecule has 6 heteroatoms.